The first-order valence-electron chi connectivity index (χ1n) is 9.43. The molecule has 0 saturated heterocycles. The van der Waals surface area contributed by atoms with Crippen molar-refractivity contribution in [1.82, 2.24) is 0 Å². The van der Waals surface area contributed by atoms with Crippen molar-refractivity contribution in [3.8, 4) is 23.0 Å². The molecule has 2 aliphatic heterocycles. The molecule has 0 spiro atoms. The number of carbonyl (C=O) groups is 1. The van der Waals surface area contributed by atoms with E-state index in [1.165, 1.54) is 0 Å². The van der Waals surface area contributed by atoms with Gasteiger partial charge in [0.15, 0.2) is 17.3 Å². The van der Waals surface area contributed by atoms with Crippen LogP contribution in [0.3, 0.4) is 0 Å². The number of carbonyl (C=O) groups excluding carboxylic acids is 1. The molecule has 0 fully saturated rings. The topological polar surface area (TPSA) is 54.0 Å². The molecule has 0 bridgehead atoms. The number of benzene rings is 3. The summed E-state index contributed by atoms with van der Waals surface area (Å²) in [6, 6.07) is 16.5. The van der Waals surface area contributed by atoms with Crippen LogP contribution in [0.15, 0.2) is 60.4 Å². The van der Waals surface area contributed by atoms with Crippen LogP contribution in [0.2, 0.25) is 5.02 Å². The number of halogens is 1. The summed E-state index contributed by atoms with van der Waals surface area (Å²) in [5.74, 6) is 2.63. The van der Waals surface area contributed by atoms with E-state index in [1.54, 1.807) is 18.2 Å². The van der Waals surface area contributed by atoms with Gasteiger partial charge in [0, 0.05) is 10.6 Å². The molecule has 0 radical (unpaired) electrons. The molecule has 0 N–H and O–H groups in total. The summed E-state index contributed by atoms with van der Waals surface area (Å²) in [7, 11) is 0. The summed E-state index contributed by atoms with van der Waals surface area (Å²) < 4.78 is 22.6. The third-order valence-corrected chi connectivity index (χ3v) is 5.25. The highest BCUT2D eigenvalue weighted by atomic mass is 35.5. The molecule has 6 heteroatoms. The SMILES string of the molecule is Cc1c(OCc2cccc(Cl)c2)ccc2c1O/C(=C\c1ccc3c(c1)OCO3)C2=O. The van der Waals surface area contributed by atoms with Crippen LogP contribution < -0.4 is 18.9 Å². The van der Waals surface area contributed by atoms with Crippen molar-refractivity contribution in [2.45, 2.75) is 13.5 Å². The minimum Gasteiger partial charge on any atom is -0.488 e. The molecule has 2 aliphatic rings. The van der Waals surface area contributed by atoms with Crippen LogP contribution in [0.25, 0.3) is 6.08 Å². The Kier molecular flexibility index (Phi) is 4.60. The Morgan fingerprint density at radius 1 is 1.07 bits per heavy atom. The van der Waals surface area contributed by atoms with Crippen molar-refractivity contribution in [2.24, 2.45) is 0 Å². The minimum absolute atomic E-state index is 0.160. The molecule has 5 nitrogen and oxygen atoms in total. The molecule has 0 unspecified atom stereocenters. The number of ether oxygens (including phenoxy) is 4. The molecule has 0 aromatic heterocycles. The number of Topliss-reactive ketones (excluding diaryl/α,β-unsaturated/α-hetero) is 1. The van der Waals surface area contributed by atoms with Crippen molar-refractivity contribution in [3.63, 3.8) is 0 Å². The number of hydrogen-bond donors (Lipinski definition) is 0. The van der Waals surface area contributed by atoms with Gasteiger partial charge in [-0.3, -0.25) is 4.79 Å². The number of ketones is 1. The normalized spacial score (nSPS) is 15.3. The summed E-state index contributed by atoms with van der Waals surface area (Å²) >= 11 is 6.03. The van der Waals surface area contributed by atoms with Crippen LogP contribution in [0.5, 0.6) is 23.0 Å². The molecule has 3 aromatic carbocycles. The minimum atomic E-state index is -0.160. The second-order valence-corrected chi connectivity index (χ2v) is 7.47. The van der Waals surface area contributed by atoms with E-state index >= 15 is 0 Å². The van der Waals surface area contributed by atoms with Gasteiger partial charge in [-0.1, -0.05) is 29.8 Å². The average molecular weight is 421 g/mol. The zero-order valence-corrected chi connectivity index (χ0v) is 16.9. The second-order valence-electron chi connectivity index (χ2n) is 7.04. The van der Waals surface area contributed by atoms with Gasteiger partial charge in [-0.15, -0.1) is 0 Å². The third kappa shape index (κ3) is 3.37. The predicted octanol–water partition coefficient (Wildman–Crippen LogP) is 5.57. The van der Waals surface area contributed by atoms with Crippen LogP contribution in [0, 0.1) is 6.92 Å². The maximum atomic E-state index is 12.8. The number of hydrogen-bond acceptors (Lipinski definition) is 5. The summed E-state index contributed by atoms with van der Waals surface area (Å²) in [6.07, 6.45) is 1.70. The molecule has 30 heavy (non-hydrogen) atoms. The highest BCUT2D eigenvalue weighted by Gasteiger charge is 2.30. The molecular formula is C24H17ClO5. The largest absolute Gasteiger partial charge is 0.488 e. The Hall–Kier alpha value is -3.44. The molecular weight excluding hydrogens is 404 g/mol. The highest BCUT2D eigenvalue weighted by Crippen LogP contribution is 2.40. The second kappa shape index (κ2) is 7.43. The highest BCUT2D eigenvalue weighted by molar-refractivity contribution is 6.30. The summed E-state index contributed by atoms with van der Waals surface area (Å²) in [5.41, 5.74) is 3.06. The smallest absolute Gasteiger partial charge is 0.231 e. The quantitative estimate of drug-likeness (QED) is 0.516. The predicted molar refractivity (Wildman–Crippen MR) is 112 cm³/mol. The standard InChI is InChI=1S/C24H17ClO5/c1-14-19(27-12-16-3-2-4-17(25)9-16)8-6-18-23(26)22(30-24(14)18)11-15-5-7-20-21(10-15)29-13-28-20/h2-11H,12-13H2,1H3/b22-11-. The average Bonchev–Trinajstić information content (AvgIpc) is 3.33. The zero-order valence-electron chi connectivity index (χ0n) is 16.1. The van der Waals surface area contributed by atoms with Gasteiger partial charge in [0.1, 0.15) is 18.1 Å². The third-order valence-electron chi connectivity index (χ3n) is 5.01. The van der Waals surface area contributed by atoms with E-state index < -0.39 is 0 Å². The molecule has 5 rings (SSSR count). The molecule has 150 valence electrons. The number of fused-ring (bicyclic) bond motifs is 2. The van der Waals surface area contributed by atoms with Gasteiger partial charge in [0.05, 0.1) is 5.56 Å². The van der Waals surface area contributed by atoms with Crippen molar-refractivity contribution >= 4 is 23.5 Å². The number of allylic oxidation sites excluding steroid dienone is 1. The van der Waals surface area contributed by atoms with Crippen molar-refractivity contribution in [2.75, 3.05) is 6.79 Å². The Labute approximate surface area is 178 Å². The maximum absolute atomic E-state index is 12.8. The Morgan fingerprint density at radius 2 is 1.93 bits per heavy atom. The van der Waals surface area contributed by atoms with Gasteiger partial charge in [-0.25, -0.2) is 0 Å². The lowest BCUT2D eigenvalue weighted by Gasteiger charge is -2.11. The van der Waals surface area contributed by atoms with Crippen molar-refractivity contribution in [3.05, 3.63) is 87.6 Å². The van der Waals surface area contributed by atoms with E-state index in [0.717, 1.165) is 16.7 Å². The van der Waals surface area contributed by atoms with E-state index in [2.05, 4.69) is 0 Å². The molecule has 3 aromatic rings. The Morgan fingerprint density at radius 3 is 2.80 bits per heavy atom. The van der Waals surface area contributed by atoms with E-state index in [0.29, 0.717) is 40.2 Å². The monoisotopic (exact) mass is 420 g/mol. The zero-order chi connectivity index (χ0) is 20.7. The molecule has 0 atom stereocenters. The lowest BCUT2D eigenvalue weighted by atomic mass is 10.1. The van der Waals surface area contributed by atoms with Crippen LogP contribution in [0.1, 0.15) is 27.0 Å². The molecule has 2 heterocycles. The van der Waals surface area contributed by atoms with E-state index in [9.17, 15) is 4.79 Å². The first-order chi connectivity index (χ1) is 14.6. The lowest BCUT2D eigenvalue weighted by molar-refractivity contribution is 0.101. The summed E-state index contributed by atoms with van der Waals surface area (Å²) in [6.45, 7) is 2.45. The molecule has 0 amide bonds. The van der Waals surface area contributed by atoms with Gasteiger partial charge in [0.25, 0.3) is 0 Å². The van der Waals surface area contributed by atoms with E-state index in [-0.39, 0.29) is 18.3 Å². The summed E-state index contributed by atoms with van der Waals surface area (Å²) in [4.78, 5) is 12.8. The lowest BCUT2D eigenvalue weighted by Crippen LogP contribution is -1.98. The van der Waals surface area contributed by atoms with Gasteiger partial charge in [0.2, 0.25) is 12.6 Å². The van der Waals surface area contributed by atoms with Crippen LogP contribution in [-0.2, 0) is 6.61 Å². The first-order valence-corrected chi connectivity index (χ1v) is 9.81. The fraction of sp³-hybridized carbons (Fsp3) is 0.125. The maximum Gasteiger partial charge on any atom is 0.231 e. The van der Waals surface area contributed by atoms with Crippen molar-refractivity contribution in [1.29, 1.82) is 0 Å². The van der Waals surface area contributed by atoms with Gasteiger partial charge in [-0.05, 0) is 60.5 Å². The number of rotatable bonds is 4. The van der Waals surface area contributed by atoms with E-state index in [1.807, 2.05) is 49.4 Å². The fourth-order valence-corrected chi connectivity index (χ4v) is 3.68. The first kappa shape index (κ1) is 18.6. The van der Waals surface area contributed by atoms with Crippen LogP contribution in [-0.4, -0.2) is 12.6 Å². The van der Waals surface area contributed by atoms with Crippen LogP contribution in [0.4, 0.5) is 0 Å². The summed E-state index contributed by atoms with van der Waals surface area (Å²) in [5, 5.41) is 0.661. The molecule has 0 aliphatic carbocycles. The van der Waals surface area contributed by atoms with E-state index in [4.69, 9.17) is 30.5 Å². The Bertz CT molecular complexity index is 1200. The van der Waals surface area contributed by atoms with Crippen molar-refractivity contribution < 1.29 is 23.7 Å². The Balaban J connectivity index is 1.38. The van der Waals surface area contributed by atoms with Gasteiger partial charge < -0.3 is 18.9 Å². The van der Waals surface area contributed by atoms with Crippen LogP contribution >= 0.6 is 11.6 Å². The van der Waals surface area contributed by atoms with Gasteiger partial charge in [-0.2, -0.15) is 0 Å². The molecule has 0 saturated carbocycles. The fourth-order valence-electron chi connectivity index (χ4n) is 3.47. The van der Waals surface area contributed by atoms with Gasteiger partial charge >= 0.3 is 0 Å².